The zero-order chi connectivity index (χ0) is 15.2. The number of carbonyl (C=O) groups is 1. The highest BCUT2D eigenvalue weighted by Gasteiger charge is 2.12. The van der Waals surface area contributed by atoms with Crippen molar-refractivity contribution in [1.29, 1.82) is 0 Å². The molecule has 0 aliphatic carbocycles. The minimum Gasteiger partial charge on any atom is -0.384 e. The largest absolute Gasteiger partial charge is 0.384 e. The molecule has 108 valence electrons. The first-order chi connectivity index (χ1) is 9.35. The Morgan fingerprint density at radius 2 is 2.10 bits per heavy atom. The van der Waals surface area contributed by atoms with E-state index in [-0.39, 0.29) is 6.61 Å². The van der Waals surface area contributed by atoms with E-state index in [4.69, 9.17) is 5.11 Å². The maximum absolute atomic E-state index is 11.6. The number of aliphatic hydroxyl groups is 1. The number of carbonyl (C=O) groups excluding carboxylic acids is 1. The van der Waals surface area contributed by atoms with Gasteiger partial charge in [0.05, 0.1) is 0 Å². The Labute approximate surface area is 118 Å². The smallest absolute Gasteiger partial charge is 0.239 e. The van der Waals surface area contributed by atoms with E-state index in [2.05, 4.69) is 17.2 Å². The molecule has 0 spiro atoms. The van der Waals surface area contributed by atoms with E-state index in [9.17, 15) is 13.2 Å². The lowest BCUT2D eigenvalue weighted by molar-refractivity contribution is -0.113. The van der Waals surface area contributed by atoms with Gasteiger partial charge in [0.1, 0.15) is 12.4 Å². The topological polar surface area (TPSA) is 83.5 Å². The summed E-state index contributed by atoms with van der Waals surface area (Å²) in [6, 6.07) is 5.19. The zero-order valence-electron chi connectivity index (χ0n) is 11.4. The van der Waals surface area contributed by atoms with Crippen molar-refractivity contribution in [2.75, 3.05) is 23.9 Å². The van der Waals surface area contributed by atoms with E-state index in [1.807, 2.05) is 6.92 Å². The van der Waals surface area contributed by atoms with E-state index in [1.165, 1.54) is 0 Å². The number of hydrogen-bond donors (Lipinski definition) is 2. The Morgan fingerprint density at radius 1 is 1.40 bits per heavy atom. The summed E-state index contributed by atoms with van der Waals surface area (Å²) in [6.07, 6.45) is 1.68. The van der Waals surface area contributed by atoms with Crippen molar-refractivity contribution in [2.24, 2.45) is 0 Å². The lowest BCUT2D eigenvalue weighted by Crippen LogP contribution is -2.22. The van der Waals surface area contributed by atoms with Gasteiger partial charge in [0.25, 0.3) is 0 Å². The van der Waals surface area contributed by atoms with Crippen molar-refractivity contribution >= 4 is 21.4 Å². The van der Waals surface area contributed by atoms with Gasteiger partial charge in [-0.1, -0.05) is 18.8 Å². The van der Waals surface area contributed by atoms with Crippen molar-refractivity contribution < 1.29 is 18.3 Å². The quantitative estimate of drug-likeness (QED) is 0.796. The van der Waals surface area contributed by atoms with E-state index in [1.54, 1.807) is 18.2 Å². The second-order valence-corrected chi connectivity index (χ2v) is 6.44. The first-order valence-corrected chi connectivity index (χ1v) is 8.12. The molecule has 0 fully saturated rings. The molecule has 2 N–H and O–H groups in total. The Hall–Kier alpha value is -1.84. The third kappa shape index (κ3) is 5.43. The van der Waals surface area contributed by atoms with Crippen LogP contribution in [-0.4, -0.2) is 38.0 Å². The molecule has 0 aromatic heterocycles. The molecule has 5 nitrogen and oxygen atoms in total. The van der Waals surface area contributed by atoms with Crippen LogP contribution in [0.5, 0.6) is 0 Å². The predicted molar refractivity (Wildman–Crippen MR) is 78.1 cm³/mol. The van der Waals surface area contributed by atoms with Gasteiger partial charge in [-0.2, -0.15) is 0 Å². The first kappa shape index (κ1) is 16.2. The van der Waals surface area contributed by atoms with Crippen LogP contribution >= 0.6 is 0 Å². The van der Waals surface area contributed by atoms with Gasteiger partial charge < -0.3 is 10.4 Å². The number of aryl methyl sites for hydroxylation is 1. The molecule has 0 aliphatic rings. The maximum atomic E-state index is 11.6. The predicted octanol–water partition coefficient (Wildman–Crippen LogP) is 0.576. The second-order valence-electron chi connectivity index (χ2n) is 4.30. The summed E-state index contributed by atoms with van der Waals surface area (Å²) in [5.74, 6) is 4.23. The van der Waals surface area contributed by atoms with E-state index in [0.717, 1.165) is 17.4 Å². The SMILES string of the molecule is CCc1cc(C#CCO)ccc1NC(=O)CS(C)(=O)=O. The van der Waals surface area contributed by atoms with Crippen molar-refractivity contribution in [2.45, 2.75) is 13.3 Å². The maximum Gasteiger partial charge on any atom is 0.239 e. The van der Waals surface area contributed by atoms with Crippen LogP contribution in [0.25, 0.3) is 0 Å². The second kappa shape index (κ2) is 7.08. The summed E-state index contributed by atoms with van der Waals surface area (Å²) in [4.78, 5) is 11.6. The van der Waals surface area contributed by atoms with Crippen molar-refractivity contribution in [1.82, 2.24) is 0 Å². The molecule has 0 heterocycles. The Kier molecular flexibility index (Phi) is 5.74. The zero-order valence-corrected chi connectivity index (χ0v) is 12.3. The molecule has 6 heteroatoms. The van der Waals surface area contributed by atoms with E-state index < -0.39 is 21.5 Å². The molecule has 1 rings (SSSR count). The van der Waals surface area contributed by atoms with Gasteiger partial charge >= 0.3 is 0 Å². The molecule has 0 unspecified atom stereocenters. The van der Waals surface area contributed by atoms with Crippen LogP contribution in [0.3, 0.4) is 0 Å². The van der Waals surface area contributed by atoms with E-state index >= 15 is 0 Å². The van der Waals surface area contributed by atoms with Gasteiger partial charge in [-0.25, -0.2) is 8.42 Å². The average molecular weight is 295 g/mol. The Balaban J connectivity index is 2.93. The van der Waals surface area contributed by atoms with Crippen LogP contribution in [0.4, 0.5) is 5.69 Å². The van der Waals surface area contributed by atoms with Crippen LogP contribution in [-0.2, 0) is 21.1 Å². The molecule has 0 saturated carbocycles. The molecule has 0 radical (unpaired) electrons. The first-order valence-electron chi connectivity index (χ1n) is 6.06. The summed E-state index contributed by atoms with van der Waals surface area (Å²) < 4.78 is 22.1. The summed E-state index contributed by atoms with van der Waals surface area (Å²) in [5.41, 5.74) is 2.17. The molecule has 1 aromatic rings. The van der Waals surface area contributed by atoms with Crippen LogP contribution in [0.2, 0.25) is 0 Å². The lowest BCUT2D eigenvalue weighted by atomic mass is 10.1. The van der Waals surface area contributed by atoms with Gasteiger partial charge in [-0.3, -0.25) is 4.79 Å². The minimum atomic E-state index is -3.35. The number of amides is 1. The third-order valence-electron chi connectivity index (χ3n) is 2.47. The van der Waals surface area contributed by atoms with Gasteiger partial charge in [-0.15, -0.1) is 0 Å². The van der Waals surface area contributed by atoms with Crippen LogP contribution in [0.15, 0.2) is 18.2 Å². The number of anilines is 1. The molecule has 0 atom stereocenters. The Morgan fingerprint density at radius 3 is 2.65 bits per heavy atom. The van der Waals surface area contributed by atoms with Crippen molar-refractivity contribution in [3.63, 3.8) is 0 Å². The van der Waals surface area contributed by atoms with Gasteiger partial charge in [-0.05, 0) is 30.2 Å². The van der Waals surface area contributed by atoms with Crippen LogP contribution in [0.1, 0.15) is 18.1 Å². The van der Waals surface area contributed by atoms with Crippen LogP contribution in [0, 0.1) is 11.8 Å². The third-order valence-corrected chi connectivity index (χ3v) is 3.25. The fourth-order valence-electron chi connectivity index (χ4n) is 1.65. The van der Waals surface area contributed by atoms with Crippen molar-refractivity contribution in [3.8, 4) is 11.8 Å². The monoisotopic (exact) mass is 295 g/mol. The molecule has 1 aromatic carbocycles. The summed E-state index contributed by atoms with van der Waals surface area (Å²) in [5, 5.41) is 11.2. The fraction of sp³-hybridized carbons (Fsp3) is 0.357. The summed E-state index contributed by atoms with van der Waals surface area (Å²) in [7, 11) is -3.35. The Bertz CT molecular complexity index is 653. The molecule has 0 saturated heterocycles. The van der Waals surface area contributed by atoms with Gasteiger partial charge in [0.2, 0.25) is 5.91 Å². The summed E-state index contributed by atoms with van der Waals surface area (Å²) >= 11 is 0. The lowest BCUT2D eigenvalue weighted by Gasteiger charge is -2.10. The minimum absolute atomic E-state index is 0.214. The number of nitrogens with one attached hydrogen (secondary N) is 1. The molecular weight excluding hydrogens is 278 g/mol. The van der Waals surface area contributed by atoms with E-state index in [0.29, 0.717) is 12.1 Å². The number of aliphatic hydroxyl groups excluding tert-OH is 1. The number of benzene rings is 1. The molecule has 0 aliphatic heterocycles. The van der Waals surface area contributed by atoms with Gasteiger partial charge in [0, 0.05) is 17.5 Å². The molecule has 0 bridgehead atoms. The standard InChI is InChI=1S/C14H17NO4S/c1-3-12-9-11(5-4-8-16)6-7-13(12)15-14(17)10-20(2,18)19/h6-7,9,16H,3,8,10H2,1-2H3,(H,15,17). The number of rotatable bonds is 4. The fourth-order valence-corrected chi connectivity index (χ4v) is 2.20. The highest BCUT2D eigenvalue weighted by atomic mass is 32.2. The molecule has 20 heavy (non-hydrogen) atoms. The number of hydrogen-bond acceptors (Lipinski definition) is 4. The highest BCUT2D eigenvalue weighted by molar-refractivity contribution is 7.91. The highest BCUT2D eigenvalue weighted by Crippen LogP contribution is 2.18. The molecular formula is C14H17NO4S. The average Bonchev–Trinajstić information content (AvgIpc) is 2.35. The van der Waals surface area contributed by atoms with Crippen molar-refractivity contribution in [3.05, 3.63) is 29.3 Å². The summed E-state index contributed by atoms with van der Waals surface area (Å²) in [6.45, 7) is 1.71. The normalized spacial score (nSPS) is 10.6. The molecule has 1 amide bonds. The van der Waals surface area contributed by atoms with Gasteiger partial charge in [0.15, 0.2) is 9.84 Å². The number of sulfone groups is 1. The van der Waals surface area contributed by atoms with Crippen LogP contribution < -0.4 is 5.32 Å².